The number of aliphatic imine (C=N–C) groups is 1. The number of allylic oxidation sites excluding steroid dienone is 1. The Morgan fingerprint density at radius 1 is 1.37 bits per heavy atom. The largest absolute Gasteiger partial charge is 0.496 e. The molecular formula is C19H21FN6O. The molecule has 0 unspecified atom stereocenters. The summed E-state index contributed by atoms with van der Waals surface area (Å²) in [5.41, 5.74) is 8.15. The van der Waals surface area contributed by atoms with Gasteiger partial charge in [0.15, 0.2) is 5.65 Å². The maximum Gasteiger partial charge on any atom is 0.171 e. The third-order valence-electron chi connectivity index (χ3n) is 4.06. The van der Waals surface area contributed by atoms with Crippen LogP contribution in [0.25, 0.3) is 5.65 Å². The SMILES string of the molecule is CCN=C(C=CN)c1ccc(NCc2c(F)cccc2OC)n2cnnc12. The fraction of sp³-hybridized carbons (Fsp3) is 0.211. The van der Waals surface area contributed by atoms with E-state index in [2.05, 4.69) is 20.5 Å². The van der Waals surface area contributed by atoms with E-state index in [1.165, 1.54) is 19.4 Å². The average molecular weight is 368 g/mol. The molecule has 0 aliphatic rings. The summed E-state index contributed by atoms with van der Waals surface area (Å²) < 4.78 is 21.2. The number of pyridine rings is 1. The van der Waals surface area contributed by atoms with Crippen LogP contribution in [-0.2, 0) is 6.54 Å². The van der Waals surface area contributed by atoms with E-state index >= 15 is 0 Å². The van der Waals surface area contributed by atoms with E-state index in [1.54, 1.807) is 28.9 Å². The number of halogens is 1. The summed E-state index contributed by atoms with van der Waals surface area (Å²) in [6.07, 6.45) is 4.76. The predicted molar refractivity (Wildman–Crippen MR) is 104 cm³/mol. The Morgan fingerprint density at radius 3 is 2.96 bits per heavy atom. The molecule has 8 heteroatoms. The lowest BCUT2D eigenvalue weighted by Crippen LogP contribution is -2.09. The van der Waals surface area contributed by atoms with Gasteiger partial charge < -0.3 is 15.8 Å². The van der Waals surface area contributed by atoms with Gasteiger partial charge in [-0.25, -0.2) is 4.39 Å². The van der Waals surface area contributed by atoms with Gasteiger partial charge in [0.1, 0.15) is 23.7 Å². The molecule has 27 heavy (non-hydrogen) atoms. The van der Waals surface area contributed by atoms with E-state index in [4.69, 9.17) is 10.5 Å². The molecule has 3 rings (SSSR count). The lowest BCUT2D eigenvalue weighted by Gasteiger charge is -2.13. The number of nitrogens with two attached hydrogens (primary N) is 1. The highest BCUT2D eigenvalue weighted by Gasteiger charge is 2.13. The molecule has 0 spiro atoms. The number of aromatic nitrogens is 3. The molecule has 0 aliphatic heterocycles. The van der Waals surface area contributed by atoms with Crippen molar-refractivity contribution < 1.29 is 9.13 Å². The third kappa shape index (κ3) is 3.74. The van der Waals surface area contributed by atoms with E-state index in [0.717, 1.165) is 17.1 Å². The molecule has 0 saturated heterocycles. The predicted octanol–water partition coefficient (Wildman–Crippen LogP) is 2.77. The summed E-state index contributed by atoms with van der Waals surface area (Å²) >= 11 is 0. The molecule has 0 saturated carbocycles. The minimum atomic E-state index is -0.330. The number of fused-ring (bicyclic) bond motifs is 1. The van der Waals surface area contributed by atoms with Crippen molar-refractivity contribution in [3.63, 3.8) is 0 Å². The standard InChI is InChI=1S/C19H21FN6O/c1-3-22-16(9-10-21)13-7-8-18(26-12-24-25-19(13)26)23-11-14-15(20)5-4-6-17(14)27-2/h4-10,12,23H,3,11,21H2,1-2H3. The van der Waals surface area contributed by atoms with Crippen LogP contribution < -0.4 is 15.8 Å². The first-order chi connectivity index (χ1) is 13.2. The van der Waals surface area contributed by atoms with Crippen molar-refractivity contribution in [1.82, 2.24) is 14.6 Å². The second-order valence-electron chi connectivity index (χ2n) is 5.65. The molecule has 2 heterocycles. The average Bonchev–Trinajstić information content (AvgIpc) is 3.16. The van der Waals surface area contributed by atoms with E-state index in [0.29, 0.717) is 23.5 Å². The van der Waals surface area contributed by atoms with Gasteiger partial charge in [-0.1, -0.05) is 6.07 Å². The highest BCUT2D eigenvalue weighted by atomic mass is 19.1. The fourth-order valence-electron chi connectivity index (χ4n) is 2.83. The summed E-state index contributed by atoms with van der Waals surface area (Å²) in [6, 6.07) is 8.51. The molecule has 3 N–H and O–H groups in total. The van der Waals surface area contributed by atoms with Crippen LogP contribution in [0.1, 0.15) is 18.1 Å². The van der Waals surface area contributed by atoms with Gasteiger partial charge in [0.2, 0.25) is 0 Å². The lowest BCUT2D eigenvalue weighted by atomic mass is 10.1. The van der Waals surface area contributed by atoms with Crippen LogP contribution in [0.2, 0.25) is 0 Å². The van der Waals surface area contributed by atoms with E-state index in [-0.39, 0.29) is 12.4 Å². The number of ether oxygens (including phenoxy) is 1. The van der Waals surface area contributed by atoms with E-state index in [1.807, 2.05) is 19.1 Å². The molecular weight excluding hydrogens is 347 g/mol. The molecule has 0 amide bonds. The van der Waals surface area contributed by atoms with Gasteiger partial charge in [0, 0.05) is 24.2 Å². The Hall–Kier alpha value is -3.42. The van der Waals surface area contributed by atoms with Crippen LogP contribution in [0.15, 0.2) is 53.9 Å². The molecule has 0 atom stereocenters. The highest BCUT2D eigenvalue weighted by Crippen LogP contribution is 2.23. The van der Waals surface area contributed by atoms with Crippen LogP contribution in [0.3, 0.4) is 0 Å². The second-order valence-corrected chi connectivity index (χ2v) is 5.65. The summed E-state index contributed by atoms with van der Waals surface area (Å²) in [5, 5.41) is 11.4. The Morgan fingerprint density at radius 2 is 2.22 bits per heavy atom. The van der Waals surface area contributed by atoms with Crippen molar-refractivity contribution in [2.75, 3.05) is 19.0 Å². The first-order valence-electron chi connectivity index (χ1n) is 8.50. The Labute approximate surface area is 156 Å². The van der Waals surface area contributed by atoms with Gasteiger partial charge >= 0.3 is 0 Å². The minimum Gasteiger partial charge on any atom is -0.496 e. The Kier molecular flexibility index (Phi) is 5.65. The van der Waals surface area contributed by atoms with Gasteiger partial charge in [0.25, 0.3) is 0 Å². The minimum absolute atomic E-state index is 0.251. The molecule has 2 aromatic heterocycles. The highest BCUT2D eigenvalue weighted by molar-refractivity contribution is 6.12. The Balaban J connectivity index is 1.95. The van der Waals surface area contributed by atoms with Crippen molar-refractivity contribution in [2.45, 2.75) is 13.5 Å². The zero-order valence-electron chi connectivity index (χ0n) is 15.2. The van der Waals surface area contributed by atoms with Gasteiger partial charge in [-0.2, -0.15) is 0 Å². The number of methoxy groups -OCH3 is 1. The first-order valence-corrected chi connectivity index (χ1v) is 8.50. The number of hydrogen-bond acceptors (Lipinski definition) is 6. The quantitative estimate of drug-likeness (QED) is 0.626. The van der Waals surface area contributed by atoms with Crippen molar-refractivity contribution >= 4 is 17.2 Å². The monoisotopic (exact) mass is 368 g/mol. The van der Waals surface area contributed by atoms with Crippen LogP contribution in [0, 0.1) is 5.82 Å². The number of benzene rings is 1. The van der Waals surface area contributed by atoms with Gasteiger partial charge in [0.05, 0.1) is 12.8 Å². The summed E-state index contributed by atoms with van der Waals surface area (Å²) in [6.45, 7) is 2.82. The number of nitrogens with one attached hydrogen (secondary N) is 1. The molecule has 1 aromatic carbocycles. The molecule has 0 fully saturated rings. The fourth-order valence-corrected chi connectivity index (χ4v) is 2.83. The number of rotatable bonds is 7. The number of hydrogen-bond donors (Lipinski definition) is 2. The Bertz CT molecular complexity index is 995. The lowest BCUT2D eigenvalue weighted by molar-refractivity contribution is 0.405. The normalized spacial score (nSPS) is 12.0. The number of nitrogens with zero attached hydrogens (tertiary/aromatic N) is 4. The van der Waals surface area contributed by atoms with Crippen LogP contribution in [0.4, 0.5) is 10.2 Å². The van der Waals surface area contributed by atoms with Gasteiger partial charge in [-0.15, -0.1) is 10.2 Å². The van der Waals surface area contributed by atoms with Gasteiger partial charge in [-0.3, -0.25) is 9.39 Å². The number of anilines is 1. The zero-order chi connectivity index (χ0) is 19.2. The zero-order valence-corrected chi connectivity index (χ0v) is 15.2. The van der Waals surface area contributed by atoms with Crippen LogP contribution >= 0.6 is 0 Å². The maximum absolute atomic E-state index is 14.1. The van der Waals surface area contributed by atoms with Crippen molar-refractivity contribution in [2.24, 2.45) is 10.7 Å². The molecule has 7 nitrogen and oxygen atoms in total. The van der Waals surface area contributed by atoms with E-state index in [9.17, 15) is 4.39 Å². The molecule has 0 radical (unpaired) electrons. The third-order valence-corrected chi connectivity index (χ3v) is 4.06. The van der Waals surface area contributed by atoms with Crippen LogP contribution in [-0.4, -0.2) is 34.0 Å². The van der Waals surface area contributed by atoms with Crippen molar-refractivity contribution in [1.29, 1.82) is 0 Å². The molecule has 0 aliphatic carbocycles. The summed E-state index contributed by atoms with van der Waals surface area (Å²) in [7, 11) is 1.52. The van der Waals surface area contributed by atoms with Gasteiger partial charge in [-0.05, 0) is 43.5 Å². The van der Waals surface area contributed by atoms with Crippen molar-refractivity contribution in [3.05, 3.63) is 65.9 Å². The molecule has 140 valence electrons. The van der Waals surface area contributed by atoms with Crippen LogP contribution in [0.5, 0.6) is 5.75 Å². The summed E-state index contributed by atoms with van der Waals surface area (Å²) in [4.78, 5) is 4.45. The maximum atomic E-state index is 14.1. The second kappa shape index (κ2) is 8.31. The van der Waals surface area contributed by atoms with E-state index < -0.39 is 0 Å². The summed E-state index contributed by atoms with van der Waals surface area (Å²) in [5.74, 6) is 0.880. The topological polar surface area (TPSA) is 89.8 Å². The van der Waals surface area contributed by atoms with Crippen molar-refractivity contribution in [3.8, 4) is 5.75 Å². The smallest absolute Gasteiger partial charge is 0.171 e. The molecule has 0 bridgehead atoms. The first kappa shape index (κ1) is 18.4. The molecule has 3 aromatic rings.